The Kier molecular flexibility index (Phi) is 2.79. The first-order valence-electron chi connectivity index (χ1n) is 6.68. The summed E-state index contributed by atoms with van der Waals surface area (Å²) in [5.41, 5.74) is 1.29. The third-order valence-electron chi connectivity index (χ3n) is 4.15. The Bertz CT molecular complexity index is 362. The fourth-order valence-electron chi connectivity index (χ4n) is 3.53. The quantitative estimate of drug-likeness (QED) is 0.777. The van der Waals surface area contributed by atoms with Gasteiger partial charge in [-0.3, -0.25) is 9.88 Å². The van der Waals surface area contributed by atoms with Gasteiger partial charge in [-0.1, -0.05) is 0 Å². The number of nitrogens with zero attached hydrogens (tertiary/aromatic N) is 3. The maximum Gasteiger partial charge on any atom is 0.0553 e. The van der Waals surface area contributed by atoms with Gasteiger partial charge in [0.25, 0.3) is 0 Å². The number of hydrogen-bond donors (Lipinski definition) is 0. The van der Waals surface area contributed by atoms with Crippen molar-refractivity contribution in [2.75, 3.05) is 18.0 Å². The molecule has 0 aromatic carbocycles. The maximum atomic E-state index is 4.23. The van der Waals surface area contributed by atoms with Gasteiger partial charge in [0.1, 0.15) is 0 Å². The molecule has 92 valence electrons. The lowest BCUT2D eigenvalue weighted by molar-refractivity contribution is 0.129. The van der Waals surface area contributed by atoms with Crippen molar-refractivity contribution in [3.05, 3.63) is 24.5 Å². The molecule has 2 fully saturated rings. The van der Waals surface area contributed by atoms with E-state index in [9.17, 15) is 0 Å². The lowest BCUT2D eigenvalue weighted by Crippen LogP contribution is -2.56. The minimum Gasteiger partial charge on any atom is -0.367 e. The topological polar surface area (TPSA) is 19.4 Å². The Labute approximate surface area is 103 Å². The Morgan fingerprint density at radius 3 is 2.47 bits per heavy atom. The molecule has 3 heteroatoms. The van der Waals surface area contributed by atoms with Crippen LogP contribution in [0.1, 0.15) is 26.7 Å². The van der Waals surface area contributed by atoms with Crippen LogP contribution in [0.3, 0.4) is 0 Å². The van der Waals surface area contributed by atoms with Gasteiger partial charge in [0, 0.05) is 37.4 Å². The highest BCUT2D eigenvalue weighted by atomic mass is 15.3. The molecule has 0 N–H and O–H groups in total. The van der Waals surface area contributed by atoms with E-state index in [-0.39, 0.29) is 0 Å². The number of aromatic nitrogens is 1. The Hall–Kier alpha value is -1.09. The van der Waals surface area contributed by atoms with Crippen molar-refractivity contribution in [2.45, 2.75) is 44.8 Å². The van der Waals surface area contributed by atoms with E-state index in [1.807, 2.05) is 18.5 Å². The molecule has 0 spiro atoms. The van der Waals surface area contributed by atoms with Crippen LogP contribution in [0.25, 0.3) is 0 Å². The van der Waals surface area contributed by atoms with Crippen molar-refractivity contribution in [2.24, 2.45) is 0 Å². The molecule has 3 nitrogen and oxygen atoms in total. The van der Waals surface area contributed by atoms with Crippen molar-refractivity contribution in [3.63, 3.8) is 0 Å². The standard InChI is InChI=1S/C14H21N3/c1-11(2)17-13-5-6-14(17)10-16(9-13)12-4-3-7-15-8-12/h3-4,7-8,11,13-14H,5-6,9-10H2,1-2H3. The summed E-state index contributed by atoms with van der Waals surface area (Å²) in [5, 5.41) is 0. The van der Waals surface area contributed by atoms with Crippen LogP contribution < -0.4 is 4.90 Å². The van der Waals surface area contributed by atoms with Crippen LogP contribution in [0.5, 0.6) is 0 Å². The summed E-state index contributed by atoms with van der Waals surface area (Å²) < 4.78 is 0. The second-order valence-corrected chi connectivity index (χ2v) is 5.54. The second kappa shape index (κ2) is 4.30. The Morgan fingerprint density at radius 2 is 1.94 bits per heavy atom. The number of piperazine rings is 1. The molecule has 0 amide bonds. The zero-order valence-corrected chi connectivity index (χ0v) is 10.7. The third-order valence-corrected chi connectivity index (χ3v) is 4.15. The van der Waals surface area contributed by atoms with Crippen LogP contribution in [-0.2, 0) is 0 Å². The van der Waals surface area contributed by atoms with E-state index in [1.54, 1.807) is 0 Å². The van der Waals surface area contributed by atoms with Gasteiger partial charge in [0.15, 0.2) is 0 Å². The summed E-state index contributed by atoms with van der Waals surface area (Å²) in [4.78, 5) is 9.45. The van der Waals surface area contributed by atoms with E-state index in [2.05, 4.69) is 34.7 Å². The van der Waals surface area contributed by atoms with Gasteiger partial charge in [0.2, 0.25) is 0 Å². The van der Waals surface area contributed by atoms with Crippen LogP contribution in [0, 0.1) is 0 Å². The predicted octanol–water partition coefficient (Wildman–Crippen LogP) is 2.14. The SMILES string of the molecule is CC(C)N1C2CCC1CN(c1cccnc1)C2. The van der Waals surface area contributed by atoms with E-state index in [0.717, 1.165) is 12.1 Å². The molecule has 17 heavy (non-hydrogen) atoms. The average Bonchev–Trinajstić information content (AvgIpc) is 2.62. The van der Waals surface area contributed by atoms with Gasteiger partial charge in [-0.15, -0.1) is 0 Å². The lowest BCUT2D eigenvalue weighted by atomic mass is 10.1. The molecule has 0 saturated carbocycles. The molecule has 3 rings (SSSR count). The number of hydrogen-bond acceptors (Lipinski definition) is 3. The van der Waals surface area contributed by atoms with E-state index in [0.29, 0.717) is 6.04 Å². The van der Waals surface area contributed by atoms with Crippen LogP contribution in [0.2, 0.25) is 0 Å². The van der Waals surface area contributed by atoms with Gasteiger partial charge in [0.05, 0.1) is 11.9 Å². The first-order chi connectivity index (χ1) is 8.25. The van der Waals surface area contributed by atoms with Crippen molar-refractivity contribution >= 4 is 5.69 Å². The highest BCUT2D eigenvalue weighted by Gasteiger charge is 2.40. The fourth-order valence-corrected chi connectivity index (χ4v) is 3.53. The minimum absolute atomic E-state index is 0.684. The van der Waals surface area contributed by atoms with Gasteiger partial charge in [-0.05, 0) is 38.8 Å². The van der Waals surface area contributed by atoms with Crippen LogP contribution in [-0.4, -0.2) is 41.1 Å². The van der Waals surface area contributed by atoms with Gasteiger partial charge in [-0.25, -0.2) is 0 Å². The summed E-state index contributed by atoms with van der Waals surface area (Å²) in [6.07, 6.45) is 6.56. The van der Waals surface area contributed by atoms with Gasteiger partial charge < -0.3 is 4.90 Å². The first kappa shape index (κ1) is 11.0. The molecule has 0 aliphatic carbocycles. The average molecular weight is 231 g/mol. The molecule has 2 aliphatic heterocycles. The lowest BCUT2D eigenvalue weighted by Gasteiger charge is -2.44. The molecular formula is C14H21N3. The molecule has 1 aromatic heterocycles. The number of fused-ring (bicyclic) bond motifs is 2. The van der Waals surface area contributed by atoms with Gasteiger partial charge in [-0.2, -0.15) is 0 Å². The van der Waals surface area contributed by atoms with E-state index in [4.69, 9.17) is 0 Å². The van der Waals surface area contributed by atoms with E-state index < -0.39 is 0 Å². The first-order valence-corrected chi connectivity index (χ1v) is 6.68. The van der Waals surface area contributed by atoms with Crippen molar-refractivity contribution in [1.82, 2.24) is 9.88 Å². The highest BCUT2D eigenvalue weighted by molar-refractivity contribution is 5.45. The van der Waals surface area contributed by atoms with E-state index >= 15 is 0 Å². The summed E-state index contributed by atoms with van der Waals surface area (Å²) in [6, 6.07) is 6.38. The molecule has 2 aliphatic rings. The Balaban J connectivity index is 1.78. The Morgan fingerprint density at radius 1 is 1.24 bits per heavy atom. The molecule has 2 saturated heterocycles. The predicted molar refractivity (Wildman–Crippen MR) is 70.2 cm³/mol. The third kappa shape index (κ3) is 1.93. The zero-order chi connectivity index (χ0) is 11.8. The summed E-state index contributed by atoms with van der Waals surface area (Å²) in [5.74, 6) is 0. The molecule has 0 radical (unpaired) electrons. The molecule has 3 heterocycles. The van der Waals surface area contributed by atoms with Crippen molar-refractivity contribution < 1.29 is 0 Å². The smallest absolute Gasteiger partial charge is 0.0553 e. The summed E-state index contributed by atoms with van der Waals surface area (Å²) in [7, 11) is 0. The number of pyridine rings is 1. The molecule has 1 aromatic rings. The highest BCUT2D eigenvalue weighted by Crippen LogP contribution is 2.33. The zero-order valence-electron chi connectivity index (χ0n) is 10.7. The normalized spacial score (nSPS) is 29.0. The number of anilines is 1. The molecule has 2 unspecified atom stereocenters. The maximum absolute atomic E-state index is 4.23. The summed E-state index contributed by atoms with van der Waals surface area (Å²) >= 11 is 0. The largest absolute Gasteiger partial charge is 0.367 e. The second-order valence-electron chi connectivity index (χ2n) is 5.54. The monoisotopic (exact) mass is 231 g/mol. The molecule has 2 bridgehead atoms. The summed E-state index contributed by atoms with van der Waals surface area (Å²) in [6.45, 7) is 6.98. The van der Waals surface area contributed by atoms with E-state index in [1.165, 1.54) is 31.6 Å². The van der Waals surface area contributed by atoms with Crippen molar-refractivity contribution in [3.8, 4) is 0 Å². The number of rotatable bonds is 2. The van der Waals surface area contributed by atoms with Crippen LogP contribution in [0.4, 0.5) is 5.69 Å². The molecule has 2 atom stereocenters. The van der Waals surface area contributed by atoms with Crippen LogP contribution in [0.15, 0.2) is 24.5 Å². The van der Waals surface area contributed by atoms with Gasteiger partial charge >= 0.3 is 0 Å². The van der Waals surface area contributed by atoms with Crippen LogP contribution >= 0.6 is 0 Å². The molecular weight excluding hydrogens is 210 g/mol. The minimum atomic E-state index is 0.684. The fraction of sp³-hybridized carbons (Fsp3) is 0.643. The van der Waals surface area contributed by atoms with Crippen molar-refractivity contribution in [1.29, 1.82) is 0 Å².